The predicted molar refractivity (Wildman–Crippen MR) is 85.8 cm³/mol. The minimum absolute atomic E-state index is 0.0380. The monoisotopic (exact) mass is 301 g/mol. The van der Waals surface area contributed by atoms with Gasteiger partial charge in [-0.2, -0.15) is 0 Å². The first-order chi connectivity index (χ1) is 9.97. The maximum absolute atomic E-state index is 12.3. The highest BCUT2D eigenvalue weighted by molar-refractivity contribution is 7.84. The van der Waals surface area contributed by atoms with Crippen LogP contribution in [-0.4, -0.2) is 28.3 Å². The molecule has 0 aliphatic carbocycles. The molecule has 0 spiro atoms. The highest BCUT2D eigenvalue weighted by atomic mass is 32.2. The van der Waals surface area contributed by atoms with Crippen molar-refractivity contribution in [2.45, 2.75) is 18.4 Å². The number of rotatable bonds is 4. The van der Waals surface area contributed by atoms with Crippen LogP contribution in [0.3, 0.4) is 0 Å². The standard InChI is InChI=1S/C17H19NO2S/c1-13-4-6-14(7-5-13)12-18(2)17(19)15-8-10-16(11-9-15)21(3)20/h4-11H,12H2,1-3H3. The van der Waals surface area contributed by atoms with Crippen LogP contribution in [0.4, 0.5) is 0 Å². The molecule has 3 nitrogen and oxygen atoms in total. The Labute approximate surface area is 128 Å². The van der Waals surface area contributed by atoms with E-state index in [2.05, 4.69) is 0 Å². The number of benzene rings is 2. The number of amides is 1. The molecule has 0 saturated carbocycles. The summed E-state index contributed by atoms with van der Waals surface area (Å²) in [7, 11) is 0.766. The molecule has 0 aliphatic rings. The molecule has 2 rings (SSSR count). The molecule has 1 atom stereocenters. The van der Waals surface area contributed by atoms with Gasteiger partial charge in [0.15, 0.2) is 0 Å². The molecular formula is C17H19NO2S. The molecule has 2 aromatic carbocycles. The quantitative estimate of drug-likeness (QED) is 0.870. The van der Waals surface area contributed by atoms with E-state index in [4.69, 9.17) is 0 Å². The summed E-state index contributed by atoms with van der Waals surface area (Å²) in [6.07, 6.45) is 1.63. The van der Waals surface area contributed by atoms with Crippen molar-refractivity contribution in [1.29, 1.82) is 0 Å². The van der Waals surface area contributed by atoms with Gasteiger partial charge in [-0.1, -0.05) is 29.8 Å². The lowest BCUT2D eigenvalue weighted by Gasteiger charge is -2.17. The smallest absolute Gasteiger partial charge is 0.253 e. The third kappa shape index (κ3) is 4.02. The van der Waals surface area contributed by atoms with Gasteiger partial charge in [-0.25, -0.2) is 0 Å². The molecule has 0 aromatic heterocycles. The van der Waals surface area contributed by atoms with Gasteiger partial charge < -0.3 is 4.90 Å². The Kier molecular flexibility index (Phi) is 4.91. The Morgan fingerprint density at radius 1 is 1.05 bits per heavy atom. The van der Waals surface area contributed by atoms with E-state index in [-0.39, 0.29) is 5.91 Å². The summed E-state index contributed by atoms with van der Waals surface area (Å²) < 4.78 is 11.3. The number of aryl methyl sites for hydroxylation is 1. The van der Waals surface area contributed by atoms with E-state index in [9.17, 15) is 9.00 Å². The first-order valence-electron chi connectivity index (χ1n) is 6.72. The molecule has 21 heavy (non-hydrogen) atoms. The van der Waals surface area contributed by atoms with Crippen LogP contribution in [0.25, 0.3) is 0 Å². The fourth-order valence-corrected chi connectivity index (χ4v) is 2.57. The number of carbonyl (C=O) groups excluding carboxylic acids is 1. The average molecular weight is 301 g/mol. The molecular weight excluding hydrogens is 282 g/mol. The molecule has 0 N–H and O–H groups in total. The third-order valence-corrected chi connectivity index (χ3v) is 4.26. The van der Waals surface area contributed by atoms with E-state index in [1.54, 1.807) is 42.5 Å². The normalized spacial score (nSPS) is 12.0. The van der Waals surface area contributed by atoms with Crippen LogP contribution in [0.2, 0.25) is 0 Å². The van der Waals surface area contributed by atoms with Crippen LogP contribution in [0, 0.1) is 6.92 Å². The second kappa shape index (κ2) is 6.68. The fourth-order valence-electron chi connectivity index (χ4n) is 2.05. The first-order valence-corrected chi connectivity index (χ1v) is 8.27. The van der Waals surface area contributed by atoms with Crippen LogP contribution < -0.4 is 0 Å². The lowest BCUT2D eigenvalue weighted by Crippen LogP contribution is -2.26. The summed E-state index contributed by atoms with van der Waals surface area (Å²) in [5.74, 6) is -0.0380. The first kappa shape index (κ1) is 15.4. The molecule has 0 aliphatic heterocycles. The topological polar surface area (TPSA) is 37.4 Å². The van der Waals surface area contributed by atoms with Gasteiger partial charge in [-0.05, 0) is 36.8 Å². The minimum atomic E-state index is -1.02. The van der Waals surface area contributed by atoms with Gasteiger partial charge in [-0.3, -0.25) is 9.00 Å². The van der Waals surface area contributed by atoms with E-state index in [1.807, 2.05) is 31.2 Å². The summed E-state index contributed by atoms with van der Waals surface area (Å²) >= 11 is 0. The van der Waals surface area contributed by atoms with Crippen molar-refractivity contribution in [1.82, 2.24) is 4.90 Å². The molecule has 110 valence electrons. The van der Waals surface area contributed by atoms with Crippen molar-refractivity contribution in [3.05, 3.63) is 65.2 Å². The largest absolute Gasteiger partial charge is 0.337 e. The van der Waals surface area contributed by atoms with Gasteiger partial charge in [-0.15, -0.1) is 0 Å². The molecule has 4 heteroatoms. The summed E-state index contributed by atoms with van der Waals surface area (Å²) in [4.78, 5) is 14.8. The molecule has 0 fully saturated rings. The lowest BCUT2D eigenvalue weighted by molar-refractivity contribution is 0.0785. The molecule has 0 heterocycles. The van der Waals surface area contributed by atoms with E-state index in [0.29, 0.717) is 12.1 Å². The summed E-state index contributed by atoms with van der Waals surface area (Å²) in [6.45, 7) is 2.61. The summed E-state index contributed by atoms with van der Waals surface area (Å²) in [6, 6.07) is 15.1. The highest BCUT2D eigenvalue weighted by Crippen LogP contribution is 2.12. The fraction of sp³-hybridized carbons (Fsp3) is 0.235. The van der Waals surface area contributed by atoms with Crippen LogP contribution in [0.15, 0.2) is 53.4 Å². The van der Waals surface area contributed by atoms with Crippen LogP contribution in [0.1, 0.15) is 21.5 Å². The van der Waals surface area contributed by atoms with Crippen LogP contribution >= 0.6 is 0 Å². The van der Waals surface area contributed by atoms with Gasteiger partial charge in [0.05, 0.1) is 0 Å². The zero-order chi connectivity index (χ0) is 15.4. The molecule has 0 saturated heterocycles. The number of hydrogen-bond donors (Lipinski definition) is 0. The Balaban J connectivity index is 2.08. The van der Waals surface area contributed by atoms with E-state index >= 15 is 0 Å². The summed E-state index contributed by atoms with van der Waals surface area (Å²) in [5, 5.41) is 0. The Morgan fingerprint density at radius 2 is 1.62 bits per heavy atom. The van der Waals surface area contributed by atoms with E-state index in [1.165, 1.54) is 5.56 Å². The second-order valence-electron chi connectivity index (χ2n) is 5.13. The number of carbonyl (C=O) groups is 1. The van der Waals surface area contributed by atoms with Crippen molar-refractivity contribution in [3.63, 3.8) is 0 Å². The van der Waals surface area contributed by atoms with E-state index in [0.717, 1.165) is 10.5 Å². The van der Waals surface area contributed by atoms with Gasteiger partial charge in [0.25, 0.3) is 5.91 Å². The van der Waals surface area contributed by atoms with Gasteiger partial charge >= 0.3 is 0 Å². The predicted octanol–water partition coefficient (Wildman–Crippen LogP) is 3.00. The molecule has 1 unspecified atom stereocenters. The lowest BCUT2D eigenvalue weighted by atomic mass is 10.1. The highest BCUT2D eigenvalue weighted by Gasteiger charge is 2.12. The molecule has 1 amide bonds. The molecule has 0 bridgehead atoms. The maximum Gasteiger partial charge on any atom is 0.253 e. The van der Waals surface area contributed by atoms with E-state index < -0.39 is 10.8 Å². The van der Waals surface area contributed by atoms with Crippen molar-refractivity contribution >= 4 is 16.7 Å². The Bertz CT molecular complexity index is 647. The average Bonchev–Trinajstić information content (AvgIpc) is 2.49. The zero-order valence-corrected chi connectivity index (χ0v) is 13.3. The SMILES string of the molecule is Cc1ccc(CN(C)C(=O)c2ccc(S(C)=O)cc2)cc1. The third-order valence-electron chi connectivity index (χ3n) is 3.32. The molecule has 2 aromatic rings. The van der Waals surface area contributed by atoms with Crippen molar-refractivity contribution in [2.75, 3.05) is 13.3 Å². The van der Waals surface area contributed by atoms with Crippen molar-refractivity contribution in [2.24, 2.45) is 0 Å². The van der Waals surface area contributed by atoms with Crippen LogP contribution in [0.5, 0.6) is 0 Å². The minimum Gasteiger partial charge on any atom is -0.337 e. The number of nitrogens with zero attached hydrogens (tertiary/aromatic N) is 1. The van der Waals surface area contributed by atoms with Crippen LogP contribution in [-0.2, 0) is 17.3 Å². The summed E-state index contributed by atoms with van der Waals surface area (Å²) in [5.41, 5.74) is 2.91. The maximum atomic E-state index is 12.3. The zero-order valence-electron chi connectivity index (χ0n) is 12.5. The van der Waals surface area contributed by atoms with Crippen molar-refractivity contribution < 1.29 is 9.00 Å². The molecule has 0 radical (unpaired) electrons. The van der Waals surface area contributed by atoms with Gasteiger partial charge in [0, 0.05) is 41.1 Å². The Hall–Kier alpha value is -1.94. The second-order valence-corrected chi connectivity index (χ2v) is 6.50. The Morgan fingerprint density at radius 3 is 2.14 bits per heavy atom. The van der Waals surface area contributed by atoms with Gasteiger partial charge in [0.1, 0.15) is 0 Å². The number of hydrogen-bond acceptors (Lipinski definition) is 2. The van der Waals surface area contributed by atoms with Crippen molar-refractivity contribution in [3.8, 4) is 0 Å². The van der Waals surface area contributed by atoms with Gasteiger partial charge in [0.2, 0.25) is 0 Å².